The van der Waals surface area contributed by atoms with Crippen LogP contribution in [0.2, 0.25) is 0 Å². The van der Waals surface area contributed by atoms with Crippen molar-refractivity contribution in [1.82, 2.24) is 15.3 Å². The Morgan fingerprint density at radius 3 is 3.09 bits per heavy atom. The number of aromatic nitrogens is 2. The summed E-state index contributed by atoms with van der Waals surface area (Å²) in [5.41, 5.74) is 0. The van der Waals surface area contributed by atoms with Gasteiger partial charge in [0.25, 0.3) is 0 Å². The van der Waals surface area contributed by atoms with Crippen molar-refractivity contribution in [2.24, 2.45) is 0 Å². The van der Waals surface area contributed by atoms with Crippen LogP contribution in [0.15, 0.2) is 12.3 Å². The van der Waals surface area contributed by atoms with Gasteiger partial charge in [-0.3, -0.25) is 0 Å². The number of nitrogens with zero attached hydrogens (tertiary/aromatic N) is 4. The number of piperazine rings is 1. The molecule has 2 aliphatic rings. The zero-order valence-corrected chi connectivity index (χ0v) is 14.3. The molecule has 9 heteroatoms. The summed E-state index contributed by atoms with van der Waals surface area (Å²) < 4.78 is 29.0. The lowest BCUT2D eigenvalue weighted by Gasteiger charge is -2.38. The summed E-state index contributed by atoms with van der Waals surface area (Å²) in [6, 6.07) is 1.78. The summed E-state index contributed by atoms with van der Waals surface area (Å²) in [4.78, 5) is 12.9. The Morgan fingerprint density at radius 2 is 2.30 bits per heavy atom. The fourth-order valence-electron chi connectivity index (χ4n) is 3.16. The average Bonchev–Trinajstić information content (AvgIpc) is 2.86. The maximum Gasteiger partial charge on any atom is 0.227 e. The fourth-order valence-corrected chi connectivity index (χ4v) is 5.12. The molecule has 128 valence electrons. The summed E-state index contributed by atoms with van der Waals surface area (Å²) in [6.45, 7) is 2.80. The maximum atomic E-state index is 11.9. The molecule has 0 radical (unpaired) electrons. The average molecular weight is 341 g/mol. The van der Waals surface area contributed by atoms with Crippen molar-refractivity contribution in [3.05, 3.63) is 12.3 Å². The largest absolute Gasteiger partial charge is 0.383 e. The first-order valence-electron chi connectivity index (χ1n) is 7.74. The summed E-state index contributed by atoms with van der Waals surface area (Å²) in [5.74, 6) is 1.80. The number of rotatable bonds is 5. The second-order valence-corrected chi connectivity index (χ2v) is 8.18. The third kappa shape index (κ3) is 3.56. The predicted molar refractivity (Wildman–Crippen MR) is 88.8 cm³/mol. The second-order valence-electron chi connectivity index (χ2n) is 6.03. The summed E-state index contributed by atoms with van der Waals surface area (Å²) in [5, 5.41) is 3.31. The highest BCUT2D eigenvalue weighted by Gasteiger charge is 2.43. The number of hydrogen-bond donors (Lipinski definition) is 1. The number of methoxy groups -OCH3 is 1. The molecule has 2 fully saturated rings. The van der Waals surface area contributed by atoms with Gasteiger partial charge >= 0.3 is 0 Å². The van der Waals surface area contributed by atoms with Gasteiger partial charge in [0.15, 0.2) is 9.84 Å². The lowest BCUT2D eigenvalue weighted by Crippen LogP contribution is -2.57. The monoisotopic (exact) mass is 341 g/mol. The Hall–Kier alpha value is -1.45. The Kier molecular flexibility index (Phi) is 4.69. The third-order valence-electron chi connectivity index (χ3n) is 4.38. The Labute approximate surface area is 136 Å². The van der Waals surface area contributed by atoms with Gasteiger partial charge in [-0.25, -0.2) is 13.4 Å². The van der Waals surface area contributed by atoms with Crippen molar-refractivity contribution in [2.75, 3.05) is 61.7 Å². The van der Waals surface area contributed by atoms with E-state index < -0.39 is 9.84 Å². The lowest BCUT2D eigenvalue weighted by molar-refractivity contribution is 0.206. The molecule has 2 aliphatic heterocycles. The SMILES string of the molecule is COCCN(C)c1nccc(N2CCN[C@H]3CS(=O)(=O)C[C@H]32)n1. The Balaban J connectivity index is 1.81. The van der Waals surface area contributed by atoms with Crippen LogP contribution in [0, 0.1) is 0 Å². The Morgan fingerprint density at radius 1 is 1.48 bits per heavy atom. The minimum absolute atomic E-state index is 0.0154. The molecule has 0 amide bonds. The number of fused-ring (bicyclic) bond motifs is 1. The highest BCUT2D eigenvalue weighted by molar-refractivity contribution is 7.91. The van der Waals surface area contributed by atoms with Crippen LogP contribution in [0.1, 0.15) is 0 Å². The van der Waals surface area contributed by atoms with Gasteiger partial charge in [-0.2, -0.15) is 4.98 Å². The normalized spacial score (nSPS) is 26.1. The molecule has 3 rings (SSSR count). The number of nitrogens with one attached hydrogen (secondary N) is 1. The number of sulfone groups is 1. The highest BCUT2D eigenvalue weighted by atomic mass is 32.2. The molecule has 0 aliphatic carbocycles. The molecule has 0 spiro atoms. The van der Waals surface area contributed by atoms with E-state index >= 15 is 0 Å². The number of ether oxygens (including phenoxy) is 1. The van der Waals surface area contributed by atoms with Crippen molar-refractivity contribution in [1.29, 1.82) is 0 Å². The van der Waals surface area contributed by atoms with Crippen LogP contribution in [0.5, 0.6) is 0 Å². The summed E-state index contributed by atoms with van der Waals surface area (Å²) >= 11 is 0. The van der Waals surface area contributed by atoms with Gasteiger partial charge in [0.05, 0.1) is 24.2 Å². The van der Waals surface area contributed by atoms with E-state index in [4.69, 9.17) is 4.74 Å². The van der Waals surface area contributed by atoms with Crippen molar-refractivity contribution < 1.29 is 13.2 Å². The number of hydrogen-bond acceptors (Lipinski definition) is 8. The van der Waals surface area contributed by atoms with Crippen LogP contribution < -0.4 is 15.1 Å². The third-order valence-corrected chi connectivity index (χ3v) is 6.09. The van der Waals surface area contributed by atoms with Crippen LogP contribution in [-0.2, 0) is 14.6 Å². The van der Waals surface area contributed by atoms with E-state index in [0.717, 1.165) is 18.9 Å². The van der Waals surface area contributed by atoms with Gasteiger partial charge < -0.3 is 19.9 Å². The Bertz CT molecular complexity index is 654. The van der Waals surface area contributed by atoms with Crippen molar-refractivity contribution in [3.8, 4) is 0 Å². The topological polar surface area (TPSA) is 87.7 Å². The molecule has 2 atom stereocenters. The zero-order valence-electron chi connectivity index (χ0n) is 13.5. The quantitative estimate of drug-likeness (QED) is 0.740. The molecule has 23 heavy (non-hydrogen) atoms. The van der Waals surface area contributed by atoms with E-state index in [9.17, 15) is 8.42 Å². The van der Waals surface area contributed by atoms with E-state index in [2.05, 4.69) is 20.2 Å². The molecule has 0 unspecified atom stereocenters. The highest BCUT2D eigenvalue weighted by Crippen LogP contribution is 2.26. The first kappa shape index (κ1) is 16.4. The standard InChI is InChI=1S/C14H23N5O3S/c1-18(7-8-22-2)14-16-4-3-13(17-14)19-6-5-15-11-9-23(20,21)10-12(11)19/h3-4,11-12,15H,5-10H2,1-2H3/t11-,12+/m0/s1. The lowest BCUT2D eigenvalue weighted by atomic mass is 10.1. The molecule has 1 N–H and O–H groups in total. The van der Waals surface area contributed by atoms with Crippen molar-refractivity contribution in [3.63, 3.8) is 0 Å². The summed E-state index contributed by atoms with van der Waals surface area (Å²) in [6.07, 6.45) is 1.72. The smallest absolute Gasteiger partial charge is 0.227 e. The molecule has 1 aromatic rings. The van der Waals surface area contributed by atoms with Gasteiger partial charge in [0.2, 0.25) is 5.95 Å². The maximum absolute atomic E-state index is 11.9. The van der Waals surface area contributed by atoms with Crippen LogP contribution in [0.25, 0.3) is 0 Å². The molecular formula is C14H23N5O3S. The molecule has 3 heterocycles. The van der Waals surface area contributed by atoms with E-state index in [0.29, 0.717) is 19.1 Å². The van der Waals surface area contributed by atoms with Crippen molar-refractivity contribution in [2.45, 2.75) is 12.1 Å². The minimum atomic E-state index is -2.98. The van der Waals surface area contributed by atoms with Crippen LogP contribution in [-0.4, -0.2) is 82.4 Å². The second kappa shape index (κ2) is 6.58. The first-order valence-corrected chi connectivity index (χ1v) is 9.56. The van der Waals surface area contributed by atoms with Gasteiger partial charge in [0.1, 0.15) is 5.82 Å². The molecule has 1 aromatic heterocycles. The van der Waals surface area contributed by atoms with Gasteiger partial charge in [-0.15, -0.1) is 0 Å². The predicted octanol–water partition coefficient (Wildman–Crippen LogP) is -0.866. The molecule has 8 nitrogen and oxygen atoms in total. The van der Waals surface area contributed by atoms with Crippen LogP contribution in [0.3, 0.4) is 0 Å². The fraction of sp³-hybridized carbons (Fsp3) is 0.714. The zero-order chi connectivity index (χ0) is 16.4. The molecule has 0 bridgehead atoms. The molecule has 0 saturated carbocycles. The van der Waals surface area contributed by atoms with E-state index in [1.165, 1.54) is 0 Å². The first-order chi connectivity index (χ1) is 11.0. The van der Waals surface area contributed by atoms with Gasteiger partial charge in [-0.1, -0.05) is 0 Å². The van der Waals surface area contributed by atoms with E-state index in [-0.39, 0.29) is 23.6 Å². The molecule has 0 aromatic carbocycles. The van der Waals surface area contributed by atoms with Gasteiger partial charge in [0, 0.05) is 46.0 Å². The van der Waals surface area contributed by atoms with Gasteiger partial charge in [-0.05, 0) is 6.07 Å². The molecular weight excluding hydrogens is 318 g/mol. The minimum Gasteiger partial charge on any atom is -0.383 e. The van der Waals surface area contributed by atoms with Crippen molar-refractivity contribution >= 4 is 21.6 Å². The number of anilines is 2. The van der Waals surface area contributed by atoms with E-state index in [1.807, 2.05) is 18.0 Å². The van der Waals surface area contributed by atoms with Crippen LogP contribution in [0.4, 0.5) is 11.8 Å². The molecule has 2 saturated heterocycles. The summed E-state index contributed by atoms with van der Waals surface area (Å²) in [7, 11) is 0.592. The van der Waals surface area contributed by atoms with Crippen LogP contribution >= 0.6 is 0 Å². The van der Waals surface area contributed by atoms with E-state index in [1.54, 1.807) is 13.3 Å². The number of likely N-dealkylation sites (N-methyl/N-ethyl adjacent to an activating group) is 1.